The van der Waals surface area contributed by atoms with E-state index in [1.165, 1.54) is 30.3 Å². The van der Waals surface area contributed by atoms with Crippen molar-refractivity contribution in [1.29, 1.82) is 10.5 Å². The van der Waals surface area contributed by atoms with Crippen molar-refractivity contribution >= 4 is 33.3 Å². The van der Waals surface area contributed by atoms with Crippen LogP contribution in [0.4, 0.5) is 8.78 Å². The van der Waals surface area contributed by atoms with Crippen LogP contribution in [0.2, 0.25) is 10.0 Å². The van der Waals surface area contributed by atoms with Gasteiger partial charge >= 0.3 is 0 Å². The zero-order valence-corrected chi connectivity index (χ0v) is 20.1. The molecule has 13 heteroatoms. The number of nitriles is 2. The van der Waals surface area contributed by atoms with Crippen LogP contribution in [0, 0.1) is 22.7 Å². The number of halogens is 4. The highest BCUT2D eigenvalue weighted by Gasteiger charge is 2.13. The van der Waals surface area contributed by atoms with Gasteiger partial charge in [-0.15, -0.1) is 0 Å². The fraction of sp³-hybridized carbons (Fsp3) is 0.333. The van der Waals surface area contributed by atoms with E-state index in [1.807, 2.05) is 12.1 Å². The van der Waals surface area contributed by atoms with Crippen LogP contribution in [0.15, 0.2) is 36.4 Å². The molecule has 0 amide bonds. The number of nitrogens with zero attached hydrogens (tertiary/aromatic N) is 2. The normalized spacial score (nSPS) is 12.4. The Labute approximate surface area is 205 Å². The second-order valence-electron chi connectivity index (χ2n) is 6.49. The van der Waals surface area contributed by atoms with Crippen molar-refractivity contribution in [3.63, 3.8) is 0 Å². The van der Waals surface area contributed by atoms with Crippen molar-refractivity contribution in [2.24, 2.45) is 0 Å². The third-order valence-electron chi connectivity index (χ3n) is 3.62. The summed E-state index contributed by atoms with van der Waals surface area (Å²) in [5, 5.41) is 26.8. The van der Waals surface area contributed by atoms with E-state index >= 15 is 0 Å². The maximum Gasteiger partial charge on any atom is 0.264 e. The Morgan fingerprint density at radius 1 is 0.912 bits per heavy atom. The summed E-state index contributed by atoms with van der Waals surface area (Å²) in [5.41, 5.74) is 0.413. The molecule has 0 bridgehead atoms. The van der Waals surface area contributed by atoms with Crippen LogP contribution in [0.1, 0.15) is 11.1 Å². The zero-order chi connectivity index (χ0) is 25.7. The van der Waals surface area contributed by atoms with Gasteiger partial charge in [-0.2, -0.15) is 18.9 Å². The molecule has 0 spiro atoms. The number of benzene rings is 2. The van der Waals surface area contributed by atoms with Gasteiger partial charge in [0, 0.05) is 10.0 Å². The Balaban J connectivity index is 0.000000350. The standard InChI is InChI=1S/C11H11ClFNO4S.C10H9ClFNO2/c1-19(15,16)18-7-10(13)6-17-11-3-2-9(12)4-8(11)5-14;11-8-1-2-10(7(3-8)4-13)15-6-9(12)5-14/h2-4,10H,6-7H2,1H3;1-3,9,14H,5-6H2/t10-;9-/m10/s1. The smallest absolute Gasteiger partial charge is 0.264 e. The van der Waals surface area contributed by atoms with E-state index in [0.29, 0.717) is 10.0 Å². The summed E-state index contributed by atoms with van der Waals surface area (Å²) in [4.78, 5) is 0. The number of rotatable bonds is 10. The average Bonchev–Trinajstić information content (AvgIpc) is 2.80. The predicted molar refractivity (Wildman–Crippen MR) is 121 cm³/mol. The van der Waals surface area contributed by atoms with Gasteiger partial charge in [-0.1, -0.05) is 23.2 Å². The quantitative estimate of drug-likeness (QED) is 0.453. The molecule has 184 valence electrons. The third kappa shape index (κ3) is 11.5. The first-order valence-electron chi connectivity index (χ1n) is 9.37. The molecular formula is C21H20Cl2F2N2O6S. The van der Waals surface area contributed by atoms with E-state index in [9.17, 15) is 17.2 Å². The molecule has 2 rings (SSSR count). The van der Waals surface area contributed by atoms with Gasteiger partial charge in [0.05, 0.1) is 24.0 Å². The summed E-state index contributed by atoms with van der Waals surface area (Å²) in [7, 11) is -3.69. The first-order valence-corrected chi connectivity index (χ1v) is 11.9. The minimum Gasteiger partial charge on any atom is -0.489 e. The molecule has 34 heavy (non-hydrogen) atoms. The molecular weight excluding hydrogens is 517 g/mol. The van der Waals surface area contributed by atoms with Crippen LogP contribution in [0.5, 0.6) is 11.5 Å². The molecule has 0 heterocycles. The van der Waals surface area contributed by atoms with E-state index in [0.717, 1.165) is 6.26 Å². The molecule has 0 saturated carbocycles. The van der Waals surface area contributed by atoms with E-state index < -0.39 is 42.3 Å². The third-order valence-corrected chi connectivity index (χ3v) is 4.66. The maximum absolute atomic E-state index is 13.3. The molecule has 2 aromatic carbocycles. The van der Waals surface area contributed by atoms with Crippen LogP contribution in [-0.2, 0) is 14.3 Å². The zero-order valence-electron chi connectivity index (χ0n) is 17.8. The van der Waals surface area contributed by atoms with Crippen LogP contribution >= 0.6 is 23.2 Å². The summed E-state index contributed by atoms with van der Waals surface area (Å²) in [6.07, 6.45) is -2.25. The molecule has 8 nitrogen and oxygen atoms in total. The van der Waals surface area contributed by atoms with Crippen molar-refractivity contribution in [2.45, 2.75) is 12.3 Å². The SMILES string of the molecule is CS(=O)(=O)OC[C@H](F)COc1ccc(Cl)cc1C#N.N#Cc1cc(Cl)ccc1OC[C@@H](F)CO. The summed E-state index contributed by atoms with van der Waals surface area (Å²) >= 11 is 11.4. The molecule has 0 aliphatic heterocycles. The summed E-state index contributed by atoms with van der Waals surface area (Å²) < 4.78 is 61.7. The van der Waals surface area contributed by atoms with Crippen LogP contribution in [-0.4, -0.2) is 58.6 Å². The Hall–Kier alpha value is -2.67. The topological polar surface area (TPSA) is 130 Å². The molecule has 0 aliphatic carbocycles. The maximum atomic E-state index is 13.3. The predicted octanol–water partition coefficient (Wildman–Crippen LogP) is 3.83. The lowest BCUT2D eigenvalue weighted by atomic mass is 10.2. The van der Waals surface area contributed by atoms with Crippen molar-refractivity contribution in [1.82, 2.24) is 0 Å². The molecule has 0 fully saturated rings. The molecule has 0 radical (unpaired) electrons. The minimum absolute atomic E-state index is 0.170. The Morgan fingerprint density at radius 2 is 1.35 bits per heavy atom. The highest BCUT2D eigenvalue weighted by molar-refractivity contribution is 7.85. The van der Waals surface area contributed by atoms with E-state index in [-0.39, 0.29) is 29.2 Å². The lowest BCUT2D eigenvalue weighted by Crippen LogP contribution is -2.21. The fourth-order valence-electron chi connectivity index (χ4n) is 2.09. The Morgan fingerprint density at radius 3 is 1.74 bits per heavy atom. The van der Waals surface area contributed by atoms with Gasteiger partial charge in [0.1, 0.15) is 43.5 Å². The molecule has 0 aromatic heterocycles. The highest BCUT2D eigenvalue weighted by Crippen LogP contribution is 2.23. The number of aliphatic hydroxyl groups is 1. The first kappa shape index (κ1) is 29.4. The van der Waals surface area contributed by atoms with E-state index in [4.69, 9.17) is 48.3 Å². The number of alkyl halides is 2. The largest absolute Gasteiger partial charge is 0.489 e. The van der Waals surface area contributed by atoms with Crippen molar-refractivity contribution < 1.29 is 36.0 Å². The molecule has 2 atom stereocenters. The van der Waals surface area contributed by atoms with Gasteiger partial charge in [0.15, 0.2) is 12.3 Å². The van der Waals surface area contributed by atoms with Crippen LogP contribution in [0.25, 0.3) is 0 Å². The highest BCUT2D eigenvalue weighted by atomic mass is 35.5. The van der Waals surface area contributed by atoms with Gasteiger partial charge in [-0.25, -0.2) is 8.78 Å². The molecule has 0 saturated heterocycles. The number of aliphatic hydroxyl groups excluding tert-OH is 1. The number of hydrogen-bond donors (Lipinski definition) is 1. The monoisotopic (exact) mass is 536 g/mol. The molecule has 0 unspecified atom stereocenters. The lowest BCUT2D eigenvalue weighted by molar-refractivity contribution is 0.123. The second-order valence-corrected chi connectivity index (χ2v) is 9.01. The Kier molecular flexibility index (Phi) is 12.6. The van der Waals surface area contributed by atoms with Crippen molar-refractivity contribution in [3.05, 3.63) is 57.6 Å². The van der Waals surface area contributed by atoms with Gasteiger partial charge in [0.25, 0.3) is 10.1 Å². The average molecular weight is 537 g/mol. The van der Waals surface area contributed by atoms with Gasteiger partial charge in [-0.05, 0) is 36.4 Å². The van der Waals surface area contributed by atoms with E-state index in [2.05, 4.69) is 4.18 Å². The fourth-order valence-corrected chi connectivity index (χ4v) is 2.83. The summed E-state index contributed by atoms with van der Waals surface area (Å²) in [6.45, 7) is -1.94. The van der Waals surface area contributed by atoms with Gasteiger partial charge < -0.3 is 14.6 Å². The first-order chi connectivity index (χ1) is 16.0. The van der Waals surface area contributed by atoms with Crippen LogP contribution in [0.3, 0.4) is 0 Å². The summed E-state index contributed by atoms with van der Waals surface area (Å²) in [6, 6.07) is 12.5. The van der Waals surface area contributed by atoms with Gasteiger partial charge in [-0.3, -0.25) is 4.18 Å². The Bertz CT molecular complexity index is 1140. The minimum atomic E-state index is -3.69. The van der Waals surface area contributed by atoms with Gasteiger partial charge in [0.2, 0.25) is 0 Å². The number of hydrogen-bond acceptors (Lipinski definition) is 8. The molecule has 1 N–H and O–H groups in total. The lowest BCUT2D eigenvalue weighted by Gasteiger charge is -2.11. The molecule has 0 aliphatic rings. The second kappa shape index (κ2) is 14.6. The number of ether oxygens (including phenoxy) is 2. The van der Waals surface area contributed by atoms with E-state index in [1.54, 1.807) is 6.07 Å². The van der Waals surface area contributed by atoms with Crippen molar-refractivity contribution in [2.75, 3.05) is 32.7 Å². The molecule has 2 aromatic rings. The van der Waals surface area contributed by atoms with Crippen molar-refractivity contribution in [3.8, 4) is 23.6 Å². The van der Waals surface area contributed by atoms with Crippen LogP contribution < -0.4 is 9.47 Å². The summed E-state index contributed by atoms with van der Waals surface area (Å²) in [5.74, 6) is 0.437.